The lowest BCUT2D eigenvalue weighted by Crippen LogP contribution is -2.46. The first-order chi connectivity index (χ1) is 16.5. The highest BCUT2D eigenvalue weighted by molar-refractivity contribution is 6.30. The van der Waals surface area contributed by atoms with E-state index >= 15 is 0 Å². The van der Waals surface area contributed by atoms with E-state index in [1.165, 1.54) is 0 Å². The van der Waals surface area contributed by atoms with Crippen molar-refractivity contribution in [1.82, 2.24) is 25.1 Å². The maximum absolute atomic E-state index is 12.9. The second-order valence-corrected chi connectivity index (χ2v) is 9.24. The van der Waals surface area contributed by atoms with Crippen LogP contribution >= 0.6 is 48.8 Å². The van der Waals surface area contributed by atoms with Gasteiger partial charge in [0, 0.05) is 60.3 Å². The van der Waals surface area contributed by atoms with Crippen LogP contribution in [0.2, 0.25) is 5.02 Å². The molecule has 0 saturated carbocycles. The van der Waals surface area contributed by atoms with E-state index in [9.17, 15) is 4.79 Å². The summed E-state index contributed by atoms with van der Waals surface area (Å²) in [6.45, 7) is 3.57. The molecule has 2 N–H and O–H groups in total. The Hall–Kier alpha value is -2.13. The number of carbonyl (C=O) groups excluding carboxylic acids is 1. The Kier molecular flexibility index (Phi) is 14.2. The molecule has 0 radical (unpaired) electrons. The molecule has 202 valence electrons. The molecule has 0 aliphatic carbocycles. The van der Waals surface area contributed by atoms with E-state index in [1.807, 2.05) is 59.5 Å². The Labute approximate surface area is 242 Å². The minimum atomic E-state index is 0. The van der Waals surface area contributed by atoms with Crippen LogP contribution in [0.1, 0.15) is 23.2 Å². The van der Waals surface area contributed by atoms with E-state index < -0.39 is 0 Å². The number of piperidine rings is 1. The zero-order valence-electron chi connectivity index (χ0n) is 20.9. The Morgan fingerprint density at radius 2 is 1.65 bits per heavy atom. The van der Waals surface area contributed by atoms with E-state index in [0.717, 1.165) is 56.0 Å². The van der Waals surface area contributed by atoms with Crippen molar-refractivity contribution in [3.05, 3.63) is 71.4 Å². The fourth-order valence-electron chi connectivity index (χ4n) is 3.99. The highest BCUT2D eigenvalue weighted by Crippen LogP contribution is 2.22. The number of aromatic nitrogens is 2. The van der Waals surface area contributed by atoms with Gasteiger partial charge in [0.15, 0.2) is 0 Å². The number of amides is 1. The van der Waals surface area contributed by atoms with Gasteiger partial charge in [-0.05, 0) is 69.4 Å². The molecular formula is C26H34Cl4N6O. The Bertz CT molecular complexity index is 1090. The summed E-state index contributed by atoms with van der Waals surface area (Å²) in [5.41, 5.74) is 3.29. The molecule has 4 rings (SSSR count). The lowest BCUT2D eigenvalue weighted by molar-refractivity contribution is 0.0705. The predicted octanol–water partition coefficient (Wildman–Crippen LogP) is 5.56. The highest BCUT2D eigenvalue weighted by atomic mass is 35.5. The number of halogens is 4. The number of likely N-dealkylation sites (N-methyl/N-ethyl adjacent to an activating group) is 1. The Balaban J connectivity index is 0.00000228. The van der Waals surface area contributed by atoms with Gasteiger partial charge in [-0.1, -0.05) is 23.7 Å². The number of rotatable bonds is 8. The molecule has 7 nitrogen and oxygen atoms in total. The molecule has 3 aromatic rings. The van der Waals surface area contributed by atoms with Gasteiger partial charge in [0.2, 0.25) is 5.95 Å². The molecule has 0 unspecified atom stereocenters. The number of hydrogen-bond donors (Lipinski definition) is 2. The maximum Gasteiger partial charge on any atom is 0.253 e. The Morgan fingerprint density at radius 3 is 2.27 bits per heavy atom. The lowest BCUT2D eigenvalue weighted by atomic mass is 10.0. The van der Waals surface area contributed by atoms with E-state index in [0.29, 0.717) is 22.6 Å². The molecule has 1 aliphatic rings. The van der Waals surface area contributed by atoms with Gasteiger partial charge in [-0.25, -0.2) is 9.97 Å². The quantitative estimate of drug-likeness (QED) is 0.359. The topological polar surface area (TPSA) is 73.4 Å². The average molecular weight is 588 g/mol. The molecule has 11 heteroatoms. The van der Waals surface area contributed by atoms with Crippen LogP contribution in [0.25, 0.3) is 11.3 Å². The number of nitrogens with zero attached hydrogens (tertiary/aromatic N) is 4. The van der Waals surface area contributed by atoms with E-state index in [-0.39, 0.29) is 43.1 Å². The summed E-state index contributed by atoms with van der Waals surface area (Å²) in [5, 5.41) is 7.50. The van der Waals surface area contributed by atoms with Crippen LogP contribution in [0.3, 0.4) is 0 Å². The first-order valence-electron chi connectivity index (χ1n) is 11.6. The molecule has 37 heavy (non-hydrogen) atoms. The summed E-state index contributed by atoms with van der Waals surface area (Å²) in [6.07, 6.45) is 3.69. The van der Waals surface area contributed by atoms with Gasteiger partial charge in [0.05, 0.1) is 5.69 Å². The molecule has 0 spiro atoms. The standard InChI is InChI=1S/C26H31ClN6O.3ClH/c1-32(2)18-15-28-22-12-16-33(17-13-22)25(34)20-5-9-23(10-6-20)30-26-29-14-11-24(31-26)19-3-7-21(27)8-4-19;;;/h3-11,14,22,28H,12-13,15-18H2,1-2H3,(H,29,30,31);3*1H. The molecule has 1 aromatic heterocycles. The number of likely N-dealkylation sites (tertiary alicyclic amines) is 1. The Morgan fingerprint density at radius 1 is 1.00 bits per heavy atom. The SMILES string of the molecule is CN(C)CCNC1CCN(C(=O)c2ccc(Nc3nccc(-c4ccc(Cl)cc4)n3)cc2)CC1.Cl.Cl.Cl. The van der Waals surface area contributed by atoms with Crippen molar-refractivity contribution < 1.29 is 4.79 Å². The summed E-state index contributed by atoms with van der Waals surface area (Å²) in [4.78, 5) is 26.0. The molecule has 2 aromatic carbocycles. The van der Waals surface area contributed by atoms with Crippen LogP contribution in [-0.2, 0) is 0 Å². The largest absolute Gasteiger partial charge is 0.339 e. The fourth-order valence-corrected chi connectivity index (χ4v) is 4.11. The van der Waals surface area contributed by atoms with Crippen LogP contribution in [-0.4, -0.2) is 72.0 Å². The molecule has 2 heterocycles. The predicted molar refractivity (Wildman–Crippen MR) is 159 cm³/mol. The molecule has 1 aliphatic heterocycles. The third-order valence-corrected chi connectivity index (χ3v) is 6.21. The third kappa shape index (κ3) is 9.60. The van der Waals surface area contributed by atoms with Gasteiger partial charge in [-0.15, -0.1) is 37.2 Å². The minimum Gasteiger partial charge on any atom is -0.339 e. The highest BCUT2D eigenvalue weighted by Gasteiger charge is 2.23. The normalized spacial score (nSPS) is 13.2. The number of benzene rings is 2. The van der Waals surface area contributed by atoms with Crippen molar-refractivity contribution in [1.29, 1.82) is 0 Å². The molecule has 1 amide bonds. The van der Waals surface area contributed by atoms with Crippen molar-refractivity contribution in [2.75, 3.05) is 45.6 Å². The second kappa shape index (κ2) is 16.0. The third-order valence-electron chi connectivity index (χ3n) is 5.96. The van der Waals surface area contributed by atoms with Crippen LogP contribution in [0.5, 0.6) is 0 Å². The molecule has 0 bridgehead atoms. The van der Waals surface area contributed by atoms with Gasteiger partial charge in [0.25, 0.3) is 5.91 Å². The van der Waals surface area contributed by atoms with Gasteiger partial charge in [-0.3, -0.25) is 4.79 Å². The zero-order valence-corrected chi connectivity index (χ0v) is 24.1. The van der Waals surface area contributed by atoms with Gasteiger partial charge in [-0.2, -0.15) is 0 Å². The van der Waals surface area contributed by atoms with Crippen molar-refractivity contribution >= 4 is 66.4 Å². The smallest absolute Gasteiger partial charge is 0.253 e. The van der Waals surface area contributed by atoms with E-state index in [2.05, 4.69) is 39.6 Å². The van der Waals surface area contributed by atoms with Crippen molar-refractivity contribution in [2.45, 2.75) is 18.9 Å². The number of hydrogen-bond acceptors (Lipinski definition) is 6. The fraction of sp³-hybridized carbons (Fsp3) is 0.346. The van der Waals surface area contributed by atoms with Gasteiger partial charge in [0.1, 0.15) is 0 Å². The van der Waals surface area contributed by atoms with Gasteiger partial charge >= 0.3 is 0 Å². The first-order valence-corrected chi connectivity index (χ1v) is 12.0. The van der Waals surface area contributed by atoms with Crippen molar-refractivity contribution in [3.63, 3.8) is 0 Å². The molecule has 1 fully saturated rings. The average Bonchev–Trinajstić information content (AvgIpc) is 2.85. The van der Waals surface area contributed by atoms with Crippen LogP contribution in [0.15, 0.2) is 60.8 Å². The summed E-state index contributed by atoms with van der Waals surface area (Å²) in [7, 11) is 4.16. The second-order valence-electron chi connectivity index (χ2n) is 8.80. The summed E-state index contributed by atoms with van der Waals surface area (Å²) in [6, 6.07) is 17.4. The molecular weight excluding hydrogens is 554 g/mol. The molecule has 1 saturated heterocycles. The molecule has 0 atom stereocenters. The monoisotopic (exact) mass is 586 g/mol. The van der Waals surface area contributed by atoms with Crippen molar-refractivity contribution in [3.8, 4) is 11.3 Å². The van der Waals surface area contributed by atoms with Crippen molar-refractivity contribution in [2.24, 2.45) is 0 Å². The number of carbonyl (C=O) groups is 1. The summed E-state index contributed by atoms with van der Waals surface area (Å²) in [5.74, 6) is 0.578. The van der Waals surface area contributed by atoms with Crippen LogP contribution < -0.4 is 10.6 Å². The minimum absolute atomic E-state index is 0. The van der Waals surface area contributed by atoms with E-state index in [4.69, 9.17) is 11.6 Å². The lowest BCUT2D eigenvalue weighted by Gasteiger charge is -2.32. The van der Waals surface area contributed by atoms with E-state index in [1.54, 1.807) is 6.20 Å². The number of nitrogens with one attached hydrogen (secondary N) is 2. The summed E-state index contributed by atoms with van der Waals surface area (Å²) < 4.78 is 0. The number of anilines is 2. The van der Waals surface area contributed by atoms with Gasteiger partial charge < -0.3 is 20.4 Å². The first kappa shape index (κ1) is 32.9. The van der Waals surface area contributed by atoms with Crippen LogP contribution in [0, 0.1) is 0 Å². The maximum atomic E-state index is 12.9. The van der Waals surface area contributed by atoms with Crippen LogP contribution in [0.4, 0.5) is 11.6 Å². The summed E-state index contributed by atoms with van der Waals surface area (Å²) >= 11 is 5.98. The zero-order chi connectivity index (χ0) is 23.9.